The zero-order valence-corrected chi connectivity index (χ0v) is 29.9. The Labute approximate surface area is 278 Å². The zero-order valence-electron chi connectivity index (χ0n) is 29.2. The number of carbonyl (C=O) groups is 5. The summed E-state index contributed by atoms with van der Waals surface area (Å²) >= 11 is 6.14. The minimum atomic E-state index is -1.35. The van der Waals surface area contributed by atoms with Crippen LogP contribution in [-0.4, -0.2) is 72.3 Å². The van der Waals surface area contributed by atoms with Crippen LogP contribution in [0.25, 0.3) is 0 Å². The third-order valence-electron chi connectivity index (χ3n) is 7.00. The third-order valence-corrected chi connectivity index (χ3v) is 7.26. The summed E-state index contributed by atoms with van der Waals surface area (Å²) in [5.74, 6) is -3.23. The lowest BCUT2D eigenvalue weighted by Gasteiger charge is -2.47. The topological polar surface area (TPSA) is 138 Å². The van der Waals surface area contributed by atoms with Crippen LogP contribution in [0, 0.1) is 22.2 Å². The molecular formula is C34H51ClN2O9. The predicted octanol–water partition coefficient (Wildman–Crippen LogP) is 5.23. The summed E-state index contributed by atoms with van der Waals surface area (Å²) in [6.07, 6.45) is -3.25. The van der Waals surface area contributed by atoms with E-state index in [-0.39, 0.29) is 13.2 Å². The van der Waals surface area contributed by atoms with Crippen molar-refractivity contribution in [3.8, 4) is 0 Å². The molecule has 0 aliphatic carbocycles. The molecule has 1 heterocycles. The molecule has 1 saturated heterocycles. The summed E-state index contributed by atoms with van der Waals surface area (Å²) in [7, 11) is 0. The number of halogens is 1. The summed E-state index contributed by atoms with van der Waals surface area (Å²) < 4.78 is 23.8. The highest BCUT2D eigenvalue weighted by Gasteiger charge is 2.51. The molecule has 1 aromatic carbocycles. The standard InChI is InChI=1S/C34H51ClN2O9/c1-31(2,3)28(40)44-17-22-23(45-29(41)32(4,5)6)18-43-27(25(22)46-30(42)33(7,8)9)37(19-38)24(26(39)36-34(10,11)12)20-13-15-21(35)16-14-20/h13-16,19,22-25,27H,17-18H2,1-12H3,(H,36,39)/t22-,23-,24-,25+,27+/m1/s1. The van der Waals surface area contributed by atoms with Gasteiger partial charge in [-0.05, 0) is 101 Å². The number of nitrogens with zero attached hydrogens (tertiary/aromatic N) is 1. The monoisotopic (exact) mass is 666 g/mol. The van der Waals surface area contributed by atoms with Gasteiger partial charge in [0.1, 0.15) is 18.8 Å². The van der Waals surface area contributed by atoms with Crippen LogP contribution in [0.1, 0.15) is 94.7 Å². The zero-order chi connectivity index (χ0) is 35.4. The van der Waals surface area contributed by atoms with Crippen molar-refractivity contribution in [1.29, 1.82) is 0 Å². The minimum absolute atomic E-state index is 0.244. The van der Waals surface area contributed by atoms with Crippen molar-refractivity contribution < 1.29 is 42.9 Å². The van der Waals surface area contributed by atoms with E-state index in [1.54, 1.807) is 107 Å². The van der Waals surface area contributed by atoms with E-state index >= 15 is 0 Å². The molecule has 0 spiro atoms. The van der Waals surface area contributed by atoms with Crippen LogP contribution in [0.2, 0.25) is 5.02 Å². The summed E-state index contributed by atoms with van der Waals surface area (Å²) in [6, 6.07) is 5.16. The Kier molecular flexibility index (Phi) is 12.5. The van der Waals surface area contributed by atoms with E-state index in [0.29, 0.717) is 17.0 Å². The Balaban J connectivity index is 2.74. The lowest BCUT2D eigenvalue weighted by Crippen LogP contribution is -2.62. The first-order chi connectivity index (χ1) is 20.9. The molecule has 0 aromatic heterocycles. The predicted molar refractivity (Wildman–Crippen MR) is 172 cm³/mol. The Bertz CT molecular complexity index is 1250. The highest BCUT2D eigenvalue weighted by Crippen LogP contribution is 2.36. The lowest BCUT2D eigenvalue weighted by molar-refractivity contribution is -0.242. The van der Waals surface area contributed by atoms with Gasteiger partial charge < -0.3 is 24.3 Å². The van der Waals surface area contributed by atoms with E-state index in [1.807, 2.05) is 0 Å². The number of esters is 3. The molecule has 2 amide bonds. The Morgan fingerprint density at radius 1 is 0.870 bits per heavy atom. The normalized spacial score (nSPS) is 21.4. The molecule has 0 radical (unpaired) electrons. The number of rotatable bonds is 9. The van der Waals surface area contributed by atoms with Gasteiger partial charge in [0.2, 0.25) is 12.3 Å². The van der Waals surface area contributed by atoms with Gasteiger partial charge in [0.15, 0.2) is 12.3 Å². The van der Waals surface area contributed by atoms with Crippen molar-refractivity contribution in [3.63, 3.8) is 0 Å². The summed E-state index contributed by atoms with van der Waals surface area (Å²) in [5, 5.41) is 3.33. The maximum atomic E-state index is 13.9. The van der Waals surface area contributed by atoms with Gasteiger partial charge in [-0.15, -0.1) is 0 Å². The largest absolute Gasteiger partial charge is 0.465 e. The van der Waals surface area contributed by atoms with Gasteiger partial charge in [-0.2, -0.15) is 0 Å². The molecule has 2 rings (SSSR count). The first-order valence-electron chi connectivity index (χ1n) is 15.4. The molecule has 1 aromatic rings. The first-order valence-corrected chi connectivity index (χ1v) is 15.8. The number of hydrogen-bond acceptors (Lipinski definition) is 9. The number of carbonyl (C=O) groups excluding carboxylic acids is 5. The number of amides is 2. The Morgan fingerprint density at radius 3 is 1.83 bits per heavy atom. The van der Waals surface area contributed by atoms with Crippen molar-refractivity contribution in [3.05, 3.63) is 34.9 Å². The molecule has 258 valence electrons. The van der Waals surface area contributed by atoms with Gasteiger partial charge in [-0.3, -0.25) is 28.9 Å². The van der Waals surface area contributed by atoms with Crippen LogP contribution in [0.3, 0.4) is 0 Å². The second-order valence-corrected chi connectivity index (χ2v) is 16.2. The fourth-order valence-corrected chi connectivity index (χ4v) is 4.50. The van der Waals surface area contributed by atoms with Crippen molar-refractivity contribution in [2.45, 2.75) is 113 Å². The summed E-state index contributed by atoms with van der Waals surface area (Å²) in [5.41, 5.74) is -2.99. The molecule has 0 saturated carbocycles. The number of ether oxygens (including phenoxy) is 4. The smallest absolute Gasteiger partial charge is 0.311 e. The average Bonchev–Trinajstić information content (AvgIpc) is 2.89. The second kappa shape index (κ2) is 14.7. The minimum Gasteiger partial charge on any atom is -0.465 e. The van der Waals surface area contributed by atoms with E-state index in [0.717, 1.165) is 4.90 Å². The highest BCUT2D eigenvalue weighted by molar-refractivity contribution is 6.30. The van der Waals surface area contributed by atoms with Crippen molar-refractivity contribution in [2.24, 2.45) is 22.2 Å². The molecule has 1 aliphatic rings. The van der Waals surface area contributed by atoms with Crippen LogP contribution in [0.4, 0.5) is 0 Å². The molecule has 1 fully saturated rings. The van der Waals surface area contributed by atoms with Crippen LogP contribution in [-0.2, 0) is 42.9 Å². The van der Waals surface area contributed by atoms with Crippen molar-refractivity contribution in [1.82, 2.24) is 10.2 Å². The molecular weight excluding hydrogens is 616 g/mol. The molecule has 1 N–H and O–H groups in total. The van der Waals surface area contributed by atoms with Crippen LogP contribution in [0.5, 0.6) is 0 Å². The fourth-order valence-electron chi connectivity index (χ4n) is 4.37. The molecule has 11 nitrogen and oxygen atoms in total. The maximum Gasteiger partial charge on any atom is 0.311 e. The summed E-state index contributed by atoms with van der Waals surface area (Å²) in [6.45, 7) is 19.9. The van der Waals surface area contributed by atoms with Gasteiger partial charge in [0.25, 0.3) is 0 Å². The SMILES string of the molecule is CC(C)(C)NC(=O)[C@@H](c1ccc(Cl)cc1)N(C=O)[C@H]1OC[C@@H](OC(=O)C(C)(C)C)[C@@H](COC(=O)C(C)(C)C)[C@@H]1OC(=O)C(C)(C)C. The van der Waals surface area contributed by atoms with Gasteiger partial charge in [-0.1, -0.05) is 23.7 Å². The number of nitrogens with one attached hydrogen (secondary N) is 1. The number of benzene rings is 1. The molecule has 0 bridgehead atoms. The van der Waals surface area contributed by atoms with E-state index in [9.17, 15) is 24.0 Å². The van der Waals surface area contributed by atoms with Crippen LogP contribution in [0.15, 0.2) is 24.3 Å². The molecule has 12 heteroatoms. The van der Waals surface area contributed by atoms with E-state index < -0.39 is 76.0 Å². The van der Waals surface area contributed by atoms with Crippen LogP contribution < -0.4 is 5.32 Å². The molecule has 5 atom stereocenters. The highest BCUT2D eigenvalue weighted by atomic mass is 35.5. The summed E-state index contributed by atoms with van der Waals surface area (Å²) in [4.78, 5) is 67.4. The maximum absolute atomic E-state index is 13.9. The van der Waals surface area contributed by atoms with E-state index in [1.165, 1.54) is 0 Å². The first kappa shape index (κ1) is 39.0. The Morgan fingerprint density at radius 2 is 1.37 bits per heavy atom. The number of hydrogen-bond donors (Lipinski definition) is 1. The fraction of sp³-hybridized carbons (Fsp3) is 0.676. The lowest BCUT2D eigenvalue weighted by atomic mass is 9.89. The van der Waals surface area contributed by atoms with Gasteiger partial charge >= 0.3 is 17.9 Å². The van der Waals surface area contributed by atoms with Crippen molar-refractivity contribution >= 4 is 41.8 Å². The van der Waals surface area contributed by atoms with E-state index in [4.69, 9.17) is 30.5 Å². The van der Waals surface area contributed by atoms with Gasteiger partial charge in [0, 0.05) is 10.6 Å². The molecule has 1 aliphatic heterocycles. The van der Waals surface area contributed by atoms with Gasteiger partial charge in [-0.25, -0.2) is 0 Å². The average molecular weight is 667 g/mol. The quantitative estimate of drug-likeness (QED) is 0.213. The molecule has 0 unspecified atom stereocenters. The van der Waals surface area contributed by atoms with Crippen molar-refractivity contribution in [2.75, 3.05) is 13.2 Å². The van der Waals surface area contributed by atoms with Gasteiger partial charge in [0.05, 0.1) is 28.8 Å². The third kappa shape index (κ3) is 10.7. The second-order valence-electron chi connectivity index (χ2n) is 15.8. The van der Waals surface area contributed by atoms with E-state index in [2.05, 4.69) is 5.32 Å². The van der Waals surface area contributed by atoms with Crippen LogP contribution >= 0.6 is 11.6 Å². The Hall–Kier alpha value is -3.18. The molecule has 46 heavy (non-hydrogen) atoms.